The first kappa shape index (κ1) is 13.2. The lowest BCUT2D eigenvalue weighted by Gasteiger charge is -2.18. The predicted molar refractivity (Wildman–Crippen MR) is 68.4 cm³/mol. The number of aromatic nitrogens is 2. The summed E-state index contributed by atoms with van der Waals surface area (Å²) in [6, 6.07) is 0.594. The SMILES string of the molecule is CCNC(CCC(C)C)Cc1cnn(C)c1. The van der Waals surface area contributed by atoms with Crippen LogP contribution in [0.15, 0.2) is 12.4 Å². The fourth-order valence-electron chi connectivity index (χ4n) is 1.96. The summed E-state index contributed by atoms with van der Waals surface area (Å²) in [5, 5.41) is 7.77. The number of rotatable bonds is 7. The minimum Gasteiger partial charge on any atom is -0.314 e. The van der Waals surface area contributed by atoms with Crippen molar-refractivity contribution in [2.24, 2.45) is 13.0 Å². The van der Waals surface area contributed by atoms with E-state index in [-0.39, 0.29) is 0 Å². The third kappa shape index (κ3) is 4.79. The van der Waals surface area contributed by atoms with E-state index in [1.165, 1.54) is 18.4 Å². The summed E-state index contributed by atoms with van der Waals surface area (Å²) in [5.74, 6) is 0.787. The van der Waals surface area contributed by atoms with E-state index in [1.807, 2.05) is 17.9 Å². The molecule has 1 aromatic rings. The van der Waals surface area contributed by atoms with Crippen molar-refractivity contribution < 1.29 is 0 Å². The minimum absolute atomic E-state index is 0.594. The van der Waals surface area contributed by atoms with Gasteiger partial charge in [-0.05, 0) is 37.3 Å². The zero-order chi connectivity index (χ0) is 12.0. The second kappa shape index (κ2) is 6.69. The highest BCUT2D eigenvalue weighted by molar-refractivity contribution is 5.05. The highest BCUT2D eigenvalue weighted by atomic mass is 15.2. The van der Waals surface area contributed by atoms with E-state index < -0.39 is 0 Å². The Bertz CT molecular complexity index is 291. The van der Waals surface area contributed by atoms with E-state index >= 15 is 0 Å². The van der Waals surface area contributed by atoms with Gasteiger partial charge in [-0.25, -0.2) is 0 Å². The van der Waals surface area contributed by atoms with Crippen molar-refractivity contribution in [3.8, 4) is 0 Å². The van der Waals surface area contributed by atoms with Gasteiger partial charge in [0, 0.05) is 19.3 Å². The summed E-state index contributed by atoms with van der Waals surface area (Å²) in [6.07, 6.45) is 7.71. The Labute approximate surface area is 99.2 Å². The Morgan fingerprint density at radius 2 is 2.12 bits per heavy atom. The smallest absolute Gasteiger partial charge is 0.0522 e. The summed E-state index contributed by atoms with van der Waals surface area (Å²) in [6.45, 7) is 7.79. The average molecular weight is 223 g/mol. The van der Waals surface area contributed by atoms with E-state index in [0.29, 0.717) is 6.04 Å². The van der Waals surface area contributed by atoms with Crippen LogP contribution in [0.1, 0.15) is 39.2 Å². The maximum atomic E-state index is 4.21. The maximum absolute atomic E-state index is 4.21. The van der Waals surface area contributed by atoms with Gasteiger partial charge < -0.3 is 5.32 Å². The number of likely N-dealkylation sites (N-methyl/N-ethyl adjacent to an activating group) is 1. The molecule has 0 spiro atoms. The Morgan fingerprint density at radius 1 is 1.38 bits per heavy atom. The zero-order valence-corrected chi connectivity index (χ0v) is 11.0. The molecular formula is C13H25N3. The van der Waals surface area contributed by atoms with Gasteiger partial charge in [0.25, 0.3) is 0 Å². The Hall–Kier alpha value is -0.830. The molecule has 0 saturated heterocycles. The molecule has 0 fully saturated rings. The molecule has 92 valence electrons. The normalized spacial score (nSPS) is 13.3. The number of hydrogen-bond donors (Lipinski definition) is 1. The van der Waals surface area contributed by atoms with E-state index in [2.05, 4.69) is 37.4 Å². The van der Waals surface area contributed by atoms with E-state index in [0.717, 1.165) is 18.9 Å². The predicted octanol–water partition coefficient (Wildman–Crippen LogP) is 2.38. The number of hydrogen-bond acceptors (Lipinski definition) is 2. The molecule has 0 amide bonds. The van der Waals surface area contributed by atoms with Crippen LogP contribution in [-0.4, -0.2) is 22.4 Å². The van der Waals surface area contributed by atoms with Crippen LogP contribution in [-0.2, 0) is 13.5 Å². The van der Waals surface area contributed by atoms with Gasteiger partial charge in [0.15, 0.2) is 0 Å². The van der Waals surface area contributed by atoms with Crippen molar-refractivity contribution in [1.82, 2.24) is 15.1 Å². The molecule has 1 heterocycles. The summed E-state index contributed by atoms with van der Waals surface area (Å²) in [5.41, 5.74) is 1.33. The van der Waals surface area contributed by atoms with E-state index in [4.69, 9.17) is 0 Å². The standard InChI is InChI=1S/C13H25N3/c1-5-14-13(7-6-11(2)3)8-12-9-15-16(4)10-12/h9-11,13-14H,5-8H2,1-4H3. The second-order valence-corrected chi connectivity index (χ2v) is 4.95. The van der Waals surface area contributed by atoms with Crippen molar-refractivity contribution in [3.05, 3.63) is 18.0 Å². The topological polar surface area (TPSA) is 29.9 Å². The Morgan fingerprint density at radius 3 is 2.62 bits per heavy atom. The van der Waals surface area contributed by atoms with Crippen LogP contribution in [0.5, 0.6) is 0 Å². The Kier molecular flexibility index (Phi) is 5.53. The van der Waals surface area contributed by atoms with Gasteiger partial charge in [-0.15, -0.1) is 0 Å². The molecule has 3 heteroatoms. The zero-order valence-electron chi connectivity index (χ0n) is 11.0. The van der Waals surface area contributed by atoms with Crippen LogP contribution in [0.25, 0.3) is 0 Å². The fourth-order valence-corrected chi connectivity index (χ4v) is 1.96. The lowest BCUT2D eigenvalue weighted by atomic mass is 9.99. The first-order valence-corrected chi connectivity index (χ1v) is 6.32. The molecule has 1 unspecified atom stereocenters. The molecule has 0 aliphatic heterocycles. The van der Waals surface area contributed by atoms with Crippen LogP contribution < -0.4 is 5.32 Å². The molecule has 0 aliphatic carbocycles. The first-order valence-electron chi connectivity index (χ1n) is 6.32. The van der Waals surface area contributed by atoms with Crippen molar-refractivity contribution in [2.75, 3.05) is 6.54 Å². The van der Waals surface area contributed by atoms with Gasteiger partial charge in [-0.3, -0.25) is 4.68 Å². The highest BCUT2D eigenvalue weighted by Gasteiger charge is 2.10. The molecular weight excluding hydrogens is 198 g/mol. The molecule has 0 bridgehead atoms. The third-order valence-corrected chi connectivity index (χ3v) is 2.83. The Balaban J connectivity index is 2.43. The van der Waals surface area contributed by atoms with Crippen LogP contribution >= 0.6 is 0 Å². The van der Waals surface area contributed by atoms with Crippen molar-refractivity contribution >= 4 is 0 Å². The monoisotopic (exact) mass is 223 g/mol. The van der Waals surface area contributed by atoms with Crippen LogP contribution in [0.4, 0.5) is 0 Å². The highest BCUT2D eigenvalue weighted by Crippen LogP contribution is 2.11. The maximum Gasteiger partial charge on any atom is 0.0522 e. The van der Waals surface area contributed by atoms with Crippen LogP contribution in [0, 0.1) is 5.92 Å². The quantitative estimate of drug-likeness (QED) is 0.769. The number of aryl methyl sites for hydroxylation is 1. The molecule has 3 nitrogen and oxygen atoms in total. The molecule has 1 N–H and O–H groups in total. The van der Waals surface area contributed by atoms with E-state index in [9.17, 15) is 0 Å². The van der Waals surface area contributed by atoms with Gasteiger partial charge in [0.1, 0.15) is 0 Å². The third-order valence-electron chi connectivity index (χ3n) is 2.83. The molecule has 0 saturated carbocycles. The molecule has 1 atom stereocenters. The van der Waals surface area contributed by atoms with Gasteiger partial charge >= 0.3 is 0 Å². The molecule has 16 heavy (non-hydrogen) atoms. The molecule has 1 aromatic heterocycles. The lowest BCUT2D eigenvalue weighted by Crippen LogP contribution is -2.31. The molecule has 0 aliphatic rings. The molecule has 0 radical (unpaired) electrons. The molecule has 1 rings (SSSR count). The number of nitrogens with zero attached hydrogens (tertiary/aromatic N) is 2. The van der Waals surface area contributed by atoms with Crippen molar-refractivity contribution in [3.63, 3.8) is 0 Å². The molecule has 0 aromatic carbocycles. The summed E-state index contributed by atoms with van der Waals surface area (Å²) < 4.78 is 1.88. The largest absolute Gasteiger partial charge is 0.314 e. The van der Waals surface area contributed by atoms with Crippen LogP contribution in [0.2, 0.25) is 0 Å². The van der Waals surface area contributed by atoms with Gasteiger partial charge in [-0.1, -0.05) is 20.8 Å². The summed E-state index contributed by atoms with van der Waals surface area (Å²) in [7, 11) is 1.97. The number of nitrogens with one attached hydrogen (secondary N) is 1. The van der Waals surface area contributed by atoms with Crippen molar-refractivity contribution in [2.45, 2.75) is 46.1 Å². The second-order valence-electron chi connectivity index (χ2n) is 4.95. The van der Waals surface area contributed by atoms with E-state index in [1.54, 1.807) is 0 Å². The lowest BCUT2D eigenvalue weighted by molar-refractivity contribution is 0.434. The van der Waals surface area contributed by atoms with Gasteiger partial charge in [0.05, 0.1) is 6.20 Å². The van der Waals surface area contributed by atoms with Gasteiger partial charge in [0.2, 0.25) is 0 Å². The first-order chi connectivity index (χ1) is 7.61. The van der Waals surface area contributed by atoms with Crippen molar-refractivity contribution in [1.29, 1.82) is 0 Å². The average Bonchev–Trinajstić information content (AvgIpc) is 2.61. The fraction of sp³-hybridized carbons (Fsp3) is 0.769. The van der Waals surface area contributed by atoms with Crippen LogP contribution in [0.3, 0.4) is 0 Å². The minimum atomic E-state index is 0.594. The summed E-state index contributed by atoms with van der Waals surface area (Å²) >= 11 is 0. The van der Waals surface area contributed by atoms with Gasteiger partial charge in [-0.2, -0.15) is 5.10 Å². The summed E-state index contributed by atoms with van der Waals surface area (Å²) in [4.78, 5) is 0.